The van der Waals surface area contributed by atoms with Gasteiger partial charge in [-0.15, -0.1) is 0 Å². The van der Waals surface area contributed by atoms with Gasteiger partial charge in [-0.25, -0.2) is 0 Å². The Labute approximate surface area is 271 Å². The highest BCUT2D eigenvalue weighted by Gasteiger charge is 2.69. The van der Waals surface area contributed by atoms with Gasteiger partial charge < -0.3 is 14.2 Å². The minimum Gasteiger partial charge on any atom is -0.426 e. The summed E-state index contributed by atoms with van der Waals surface area (Å²) < 4.78 is 19.0. The molecule has 5 heteroatoms. The molecule has 1 aromatic carbocycles. The van der Waals surface area contributed by atoms with Gasteiger partial charge in [-0.1, -0.05) is 48.0 Å². The molecule has 7 rings (SSSR count). The summed E-state index contributed by atoms with van der Waals surface area (Å²) in [4.78, 5) is 24.3. The molecule has 0 amide bonds. The van der Waals surface area contributed by atoms with Crippen LogP contribution in [0.4, 0.5) is 0 Å². The summed E-state index contributed by atoms with van der Waals surface area (Å²) in [5.41, 5.74) is 3.01. The highest BCUT2D eigenvalue weighted by Crippen LogP contribution is 2.74. The lowest BCUT2D eigenvalue weighted by molar-refractivity contribution is -0.179. The number of benzene rings is 1. The SMILES string of the molecule is CC(=O)Oc1ccc(OC(C)=O)c2c1C[C@H]1[C@]3(C)CC[C@@H]([C@@]4(C)CC[C@@H]5O[C@@]6(C)CCCC(C)(C)[C@@H]6CC[C@]54C)[C@H]3CC[C@]21C. The molecule has 1 saturated heterocycles. The fourth-order valence-electron chi connectivity index (χ4n) is 13.6. The third kappa shape index (κ3) is 4.33. The van der Waals surface area contributed by atoms with Gasteiger partial charge in [0, 0.05) is 30.4 Å². The molecule has 1 aromatic rings. The Morgan fingerprint density at radius 1 is 0.711 bits per heavy atom. The predicted molar refractivity (Wildman–Crippen MR) is 176 cm³/mol. The maximum Gasteiger partial charge on any atom is 0.308 e. The van der Waals surface area contributed by atoms with Crippen molar-refractivity contribution in [2.24, 2.45) is 45.3 Å². The minimum absolute atomic E-state index is 0.00118. The van der Waals surface area contributed by atoms with Crippen LogP contribution in [0.1, 0.15) is 144 Å². The van der Waals surface area contributed by atoms with E-state index in [1.807, 2.05) is 12.1 Å². The van der Waals surface area contributed by atoms with E-state index in [4.69, 9.17) is 14.2 Å². The number of esters is 2. The fourth-order valence-corrected chi connectivity index (χ4v) is 13.6. The normalized spacial score (nSPS) is 46.2. The van der Waals surface area contributed by atoms with Crippen molar-refractivity contribution in [1.82, 2.24) is 0 Å². The molecule has 6 aliphatic rings. The molecule has 5 aliphatic carbocycles. The van der Waals surface area contributed by atoms with Crippen LogP contribution in [0.3, 0.4) is 0 Å². The monoisotopic (exact) mass is 618 g/mol. The molecule has 248 valence electrons. The second-order valence-electron chi connectivity index (χ2n) is 18.3. The summed E-state index contributed by atoms with van der Waals surface area (Å²) in [7, 11) is 0. The highest BCUT2D eigenvalue weighted by molar-refractivity contribution is 5.73. The van der Waals surface area contributed by atoms with Crippen molar-refractivity contribution < 1.29 is 23.8 Å². The third-order valence-electron chi connectivity index (χ3n) is 15.9. The summed E-state index contributed by atoms with van der Waals surface area (Å²) in [5, 5.41) is 0. The van der Waals surface area contributed by atoms with Crippen LogP contribution >= 0.6 is 0 Å². The van der Waals surface area contributed by atoms with E-state index in [0.29, 0.717) is 46.7 Å². The molecular formula is C40H58O5. The molecule has 5 fully saturated rings. The third-order valence-corrected chi connectivity index (χ3v) is 15.9. The molecule has 5 nitrogen and oxygen atoms in total. The average molecular weight is 619 g/mol. The van der Waals surface area contributed by atoms with E-state index in [1.54, 1.807) is 0 Å². The van der Waals surface area contributed by atoms with Crippen molar-refractivity contribution in [2.45, 2.75) is 156 Å². The molecule has 0 spiro atoms. The number of carbonyl (C=O) groups is 2. The maximum absolute atomic E-state index is 12.2. The number of hydrogen-bond donors (Lipinski definition) is 0. The molecule has 0 unspecified atom stereocenters. The van der Waals surface area contributed by atoms with Crippen molar-refractivity contribution in [3.63, 3.8) is 0 Å². The first-order chi connectivity index (χ1) is 21.0. The lowest BCUT2D eigenvalue weighted by Gasteiger charge is -2.56. The summed E-state index contributed by atoms with van der Waals surface area (Å²) in [6, 6.07) is 3.69. The number of carbonyl (C=O) groups excluding carboxylic acids is 2. The smallest absolute Gasteiger partial charge is 0.308 e. The highest BCUT2D eigenvalue weighted by atomic mass is 16.5. The summed E-state index contributed by atoms with van der Waals surface area (Å²) >= 11 is 0. The van der Waals surface area contributed by atoms with Crippen LogP contribution in [0.2, 0.25) is 0 Å². The molecule has 0 aromatic heterocycles. The number of hydrogen-bond acceptors (Lipinski definition) is 5. The van der Waals surface area contributed by atoms with E-state index < -0.39 is 0 Å². The van der Waals surface area contributed by atoms with Gasteiger partial charge in [0.15, 0.2) is 0 Å². The average Bonchev–Trinajstić information content (AvgIpc) is 3.50. The molecule has 1 heterocycles. The molecule has 0 N–H and O–H groups in total. The summed E-state index contributed by atoms with van der Waals surface area (Å²) in [6.45, 7) is 20.7. The second kappa shape index (κ2) is 10.1. The van der Waals surface area contributed by atoms with Gasteiger partial charge in [0.05, 0.1) is 11.7 Å². The molecule has 45 heavy (non-hydrogen) atoms. The van der Waals surface area contributed by atoms with E-state index in [1.165, 1.54) is 78.1 Å². The molecule has 1 aliphatic heterocycles. The van der Waals surface area contributed by atoms with Crippen molar-refractivity contribution in [3.8, 4) is 11.5 Å². The Hall–Kier alpha value is -1.88. The molecule has 4 saturated carbocycles. The predicted octanol–water partition coefficient (Wildman–Crippen LogP) is 9.36. The first kappa shape index (κ1) is 31.7. The van der Waals surface area contributed by atoms with Crippen LogP contribution in [-0.4, -0.2) is 23.6 Å². The van der Waals surface area contributed by atoms with Crippen LogP contribution < -0.4 is 9.47 Å². The van der Waals surface area contributed by atoms with Gasteiger partial charge in [0.25, 0.3) is 0 Å². The van der Waals surface area contributed by atoms with Gasteiger partial charge in [-0.2, -0.15) is 0 Å². The van der Waals surface area contributed by atoms with Crippen molar-refractivity contribution in [3.05, 3.63) is 23.3 Å². The number of rotatable bonds is 3. The van der Waals surface area contributed by atoms with Crippen LogP contribution in [0.15, 0.2) is 12.1 Å². The molecule has 0 bridgehead atoms. The Bertz CT molecular complexity index is 1410. The molecule has 0 radical (unpaired) electrons. The Kier molecular flexibility index (Phi) is 7.09. The Morgan fingerprint density at radius 2 is 1.36 bits per heavy atom. The second-order valence-corrected chi connectivity index (χ2v) is 18.3. The summed E-state index contributed by atoms with van der Waals surface area (Å²) in [5.74, 6) is 3.06. The van der Waals surface area contributed by atoms with Crippen LogP contribution in [0, 0.1) is 45.3 Å². The standard InChI is InChI=1S/C40H58O5/c1-24(41)43-29-11-12-30(44-25(2)42)34-26(29)23-32-36(5)19-14-28(27(36)13-20-37(32,34)6)38(7)22-16-33-39(38,8)21-15-31-35(3,4)17-10-18-40(31,9)45-33/h11-12,27-28,31-33H,10,13-23H2,1-9H3/t27-,28-,31+,32+,33+,36-,37+,38-,39-,40+/m1/s1. The number of fused-ring (bicyclic) bond motifs is 7. The van der Waals surface area contributed by atoms with Gasteiger partial charge in [0.2, 0.25) is 0 Å². The van der Waals surface area contributed by atoms with E-state index in [0.717, 1.165) is 24.0 Å². The summed E-state index contributed by atoms with van der Waals surface area (Å²) in [6.07, 6.45) is 14.8. The van der Waals surface area contributed by atoms with E-state index in [2.05, 4.69) is 48.5 Å². The topological polar surface area (TPSA) is 61.8 Å². The lowest BCUT2D eigenvalue weighted by atomic mass is 9.48. The van der Waals surface area contributed by atoms with E-state index in [-0.39, 0.29) is 39.2 Å². The zero-order chi connectivity index (χ0) is 32.4. The first-order valence-electron chi connectivity index (χ1n) is 18.2. The van der Waals surface area contributed by atoms with E-state index in [9.17, 15) is 9.59 Å². The Balaban J connectivity index is 1.22. The molecule has 10 atom stereocenters. The zero-order valence-electron chi connectivity index (χ0n) is 29.6. The van der Waals surface area contributed by atoms with Gasteiger partial charge in [0.1, 0.15) is 11.5 Å². The van der Waals surface area contributed by atoms with Gasteiger partial charge >= 0.3 is 11.9 Å². The van der Waals surface area contributed by atoms with Crippen LogP contribution in [0.5, 0.6) is 11.5 Å². The largest absolute Gasteiger partial charge is 0.426 e. The minimum atomic E-state index is -0.304. The van der Waals surface area contributed by atoms with Crippen molar-refractivity contribution >= 4 is 11.9 Å². The Morgan fingerprint density at radius 3 is 2.07 bits per heavy atom. The van der Waals surface area contributed by atoms with Crippen LogP contribution in [-0.2, 0) is 26.2 Å². The van der Waals surface area contributed by atoms with Crippen molar-refractivity contribution in [2.75, 3.05) is 0 Å². The van der Waals surface area contributed by atoms with Gasteiger partial charge in [-0.05, 0) is 135 Å². The van der Waals surface area contributed by atoms with Crippen molar-refractivity contribution in [1.29, 1.82) is 0 Å². The van der Waals surface area contributed by atoms with Crippen LogP contribution in [0.25, 0.3) is 0 Å². The lowest BCUT2D eigenvalue weighted by Crippen LogP contribution is -2.52. The van der Waals surface area contributed by atoms with Gasteiger partial charge in [-0.3, -0.25) is 9.59 Å². The quantitative estimate of drug-likeness (QED) is 0.250. The van der Waals surface area contributed by atoms with E-state index >= 15 is 0 Å². The maximum atomic E-state index is 12.2. The zero-order valence-corrected chi connectivity index (χ0v) is 29.6. The number of ether oxygens (including phenoxy) is 3. The molecular weight excluding hydrogens is 560 g/mol. The first-order valence-corrected chi connectivity index (χ1v) is 18.2. The fraction of sp³-hybridized carbons (Fsp3) is 0.800.